The number of aromatic nitrogens is 2. The van der Waals surface area contributed by atoms with Gasteiger partial charge in [-0.25, -0.2) is 0 Å². The highest BCUT2D eigenvalue weighted by Gasteiger charge is 2.25. The molecule has 0 saturated carbocycles. The van der Waals surface area contributed by atoms with Gasteiger partial charge < -0.3 is 19.8 Å². The summed E-state index contributed by atoms with van der Waals surface area (Å²) >= 11 is 0. The van der Waals surface area contributed by atoms with E-state index in [2.05, 4.69) is 5.10 Å². The van der Waals surface area contributed by atoms with E-state index in [1.54, 1.807) is 28.9 Å². The molecule has 0 radical (unpaired) electrons. The van der Waals surface area contributed by atoms with Crippen LogP contribution in [0.1, 0.15) is 10.4 Å². The van der Waals surface area contributed by atoms with E-state index < -0.39 is 0 Å². The molecule has 3 rings (SSSR count). The maximum absolute atomic E-state index is 12.5. The minimum absolute atomic E-state index is 0.0304. The van der Waals surface area contributed by atoms with E-state index in [-0.39, 0.29) is 24.4 Å². The molecule has 2 aromatic rings. The number of hydrogen-bond donors (Lipinski definition) is 2. The fourth-order valence-corrected chi connectivity index (χ4v) is 2.62. The predicted molar refractivity (Wildman–Crippen MR) is 75.1 cm³/mol. The van der Waals surface area contributed by atoms with Crippen molar-refractivity contribution in [2.75, 3.05) is 26.3 Å². The number of benzene rings is 1. The summed E-state index contributed by atoms with van der Waals surface area (Å²) in [5.74, 6) is -0.152. The van der Waals surface area contributed by atoms with Crippen LogP contribution < -0.4 is 0 Å². The van der Waals surface area contributed by atoms with Crippen molar-refractivity contribution in [1.82, 2.24) is 14.7 Å². The summed E-state index contributed by atoms with van der Waals surface area (Å²) in [5.41, 5.74) is 1.01. The fourth-order valence-electron chi connectivity index (χ4n) is 2.62. The number of hydrogen-bond acceptors (Lipinski definition) is 5. The molecule has 1 aromatic carbocycles. The van der Waals surface area contributed by atoms with Crippen LogP contribution in [0.25, 0.3) is 10.9 Å². The van der Waals surface area contributed by atoms with Crippen molar-refractivity contribution in [3.63, 3.8) is 0 Å². The number of phenols is 1. The number of rotatable bonds is 2. The zero-order valence-corrected chi connectivity index (χ0v) is 11.7. The van der Waals surface area contributed by atoms with E-state index in [1.165, 1.54) is 6.07 Å². The normalized spacial score (nSPS) is 19.1. The second kappa shape index (κ2) is 5.34. The lowest BCUT2D eigenvalue weighted by Crippen LogP contribution is -2.46. The average Bonchev–Trinajstić information content (AvgIpc) is 2.88. The Bertz CT molecular complexity index is 682. The first-order valence-corrected chi connectivity index (χ1v) is 6.76. The third kappa shape index (κ3) is 2.45. The van der Waals surface area contributed by atoms with Crippen molar-refractivity contribution < 1.29 is 19.7 Å². The van der Waals surface area contributed by atoms with E-state index in [0.717, 1.165) is 0 Å². The number of nitrogens with zero attached hydrogens (tertiary/aromatic N) is 3. The third-order valence-corrected chi connectivity index (χ3v) is 3.69. The van der Waals surface area contributed by atoms with Gasteiger partial charge >= 0.3 is 0 Å². The number of aliphatic hydroxyl groups is 1. The summed E-state index contributed by atoms with van der Waals surface area (Å²) in [5, 5.41) is 24.0. The molecule has 7 heteroatoms. The number of aryl methyl sites for hydroxylation is 1. The second-order valence-corrected chi connectivity index (χ2v) is 5.13. The molecule has 1 saturated heterocycles. The summed E-state index contributed by atoms with van der Waals surface area (Å²) in [7, 11) is 1.73. The Kier molecular flexibility index (Phi) is 3.52. The lowest BCUT2D eigenvalue weighted by molar-refractivity contribution is -0.0447. The summed E-state index contributed by atoms with van der Waals surface area (Å²) < 4.78 is 6.90. The summed E-state index contributed by atoms with van der Waals surface area (Å²) in [6.45, 7) is 1.11. The van der Waals surface area contributed by atoms with Crippen LogP contribution in [-0.2, 0) is 11.8 Å². The molecule has 0 spiro atoms. The highest BCUT2D eigenvalue weighted by atomic mass is 16.5. The molecule has 0 bridgehead atoms. The van der Waals surface area contributed by atoms with Gasteiger partial charge in [-0.1, -0.05) is 0 Å². The Morgan fingerprint density at radius 2 is 2.33 bits per heavy atom. The SMILES string of the molecule is Cn1ncc2cc(C(=O)N3CCOC(CO)C3)cc(O)c21. The van der Waals surface area contributed by atoms with Gasteiger partial charge in [0.1, 0.15) is 11.3 Å². The second-order valence-electron chi connectivity index (χ2n) is 5.13. The molecule has 7 nitrogen and oxygen atoms in total. The lowest BCUT2D eigenvalue weighted by Gasteiger charge is -2.32. The molecule has 1 unspecified atom stereocenters. The largest absolute Gasteiger partial charge is 0.506 e. The van der Waals surface area contributed by atoms with Gasteiger partial charge in [0.25, 0.3) is 5.91 Å². The molecule has 1 aliphatic heterocycles. The Morgan fingerprint density at radius 3 is 3.10 bits per heavy atom. The first-order valence-electron chi connectivity index (χ1n) is 6.76. The first-order chi connectivity index (χ1) is 10.1. The van der Waals surface area contributed by atoms with Gasteiger partial charge in [0.2, 0.25) is 0 Å². The molecule has 2 heterocycles. The van der Waals surface area contributed by atoms with Crippen molar-refractivity contribution in [2.24, 2.45) is 7.05 Å². The van der Waals surface area contributed by atoms with Crippen LogP contribution in [0.4, 0.5) is 0 Å². The molecule has 1 fully saturated rings. The summed E-state index contributed by atoms with van der Waals surface area (Å²) in [6, 6.07) is 3.17. The molecule has 1 amide bonds. The smallest absolute Gasteiger partial charge is 0.254 e. The van der Waals surface area contributed by atoms with Gasteiger partial charge in [-0.15, -0.1) is 0 Å². The summed E-state index contributed by atoms with van der Waals surface area (Å²) in [6.07, 6.45) is 1.26. The number of morpholine rings is 1. The number of phenolic OH excluding ortho intramolecular Hbond substituents is 1. The third-order valence-electron chi connectivity index (χ3n) is 3.69. The van der Waals surface area contributed by atoms with Gasteiger partial charge in [0, 0.05) is 31.1 Å². The van der Waals surface area contributed by atoms with Crippen molar-refractivity contribution in [2.45, 2.75) is 6.10 Å². The monoisotopic (exact) mass is 291 g/mol. The van der Waals surface area contributed by atoms with E-state index in [1.807, 2.05) is 0 Å². The van der Waals surface area contributed by atoms with E-state index in [9.17, 15) is 9.90 Å². The molecular formula is C14H17N3O4. The maximum Gasteiger partial charge on any atom is 0.254 e. The molecule has 1 atom stereocenters. The molecule has 1 aliphatic rings. The number of aliphatic hydroxyl groups excluding tert-OH is 1. The Morgan fingerprint density at radius 1 is 1.52 bits per heavy atom. The quantitative estimate of drug-likeness (QED) is 0.820. The van der Waals surface area contributed by atoms with Crippen molar-refractivity contribution in [3.05, 3.63) is 23.9 Å². The number of carbonyl (C=O) groups excluding carboxylic acids is 1. The molecule has 112 valence electrons. The van der Waals surface area contributed by atoms with Gasteiger partial charge in [-0.2, -0.15) is 5.10 Å². The zero-order valence-electron chi connectivity index (χ0n) is 11.7. The Labute approximate surface area is 121 Å². The van der Waals surface area contributed by atoms with Gasteiger partial charge in [0.15, 0.2) is 0 Å². The van der Waals surface area contributed by atoms with Crippen LogP contribution in [0, 0.1) is 0 Å². The molecule has 2 N–H and O–H groups in total. The van der Waals surface area contributed by atoms with Gasteiger partial charge in [-0.05, 0) is 12.1 Å². The number of amides is 1. The number of aromatic hydroxyl groups is 1. The standard InChI is InChI=1S/C14H17N3O4/c1-16-13-10(6-15-16)4-9(5-12(13)19)14(20)17-2-3-21-11(7-17)8-18/h4-6,11,18-19H,2-3,7-8H2,1H3. The van der Waals surface area contributed by atoms with Crippen molar-refractivity contribution in [3.8, 4) is 5.75 Å². The maximum atomic E-state index is 12.5. The van der Waals surface area contributed by atoms with Crippen LogP contribution >= 0.6 is 0 Å². The van der Waals surface area contributed by atoms with Crippen LogP contribution in [0.15, 0.2) is 18.3 Å². The van der Waals surface area contributed by atoms with Crippen LogP contribution in [0.3, 0.4) is 0 Å². The Balaban J connectivity index is 1.91. The van der Waals surface area contributed by atoms with Crippen LogP contribution in [-0.4, -0.2) is 63.2 Å². The van der Waals surface area contributed by atoms with Gasteiger partial charge in [-0.3, -0.25) is 9.48 Å². The van der Waals surface area contributed by atoms with E-state index in [0.29, 0.717) is 36.2 Å². The predicted octanol–water partition coefficient (Wildman–Crippen LogP) is 0.112. The van der Waals surface area contributed by atoms with Crippen molar-refractivity contribution in [1.29, 1.82) is 0 Å². The zero-order chi connectivity index (χ0) is 15.0. The highest BCUT2D eigenvalue weighted by Crippen LogP contribution is 2.26. The molecular weight excluding hydrogens is 274 g/mol. The molecule has 21 heavy (non-hydrogen) atoms. The topological polar surface area (TPSA) is 87.8 Å². The lowest BCUT2D eigenvalue weighted by atomic mass is 10.1. The molecule has 0 aliphatic carbocycles. The average molecular weight is 291 g/mol. The van der Waals surface area contributed by atoms with Crippen LogP contribution in [0.2, 0.25) is 0 Å². The van der Waals surface area contributed by atoms with Gasteiger partial charge in [0.05, 0.1) is 25.5 Å². The van der Waals surface area contributed by atoms with Crippen LogP contribution in [0.5, 0.6) is 5.75 Å². The Hall–Kier alpha value is -2.12. The highest BCUT2D eigenvalue weighted by molar-refractivity contribution is 5.99. The van der Waals surface area contributed by atoms with Crippen molar-refractivity contribution >= 4 is 16.8 Å². The fraction of sp³-hybridized carbons (Fsp3) is 0.429. The van der Waals surface area contributed by atoms with E-state index in [4.69, 9.17) is 9.84 Å². The summed E-state index contributed by atoms with van der Waals surface area (Å²) in [4.78, 5) is 14.1. The molecule has 1 aromatic heterocycles. The minimum Gasteiger partial charge on any atom is -0.506 e. The number of fused-ring (bicyclic) bond motifs is 1. The first kappa shape index (κ1) is 13.8. The minimum atomic E-state index is -0.349. The number of ether oxygens (including phenoxy) is 1. The number of carbonyl (C=O) groups is 1. The van der Waals surface area contributed by atoms with E-state index >= 15 is 0 Å².